The van der Waals surface area contributed by atoms with Crippen molar-refractivity contribution >= 4 is 35.4 Å². The van der Waals surface area contributed by atoms with E-state index in [1.165, 1.54) is 12.1 Å². The number of aromatic hydroxyl groups is 1. The summed E-state index contributed by atoms with van der Waals surface area (Å²) >= 11 is 1.58. The van der Waals surface area contributed by atoms with Crippen LogP contribution in [0.5, 0.6) is 5.75 Å². The predicted molar refractivity (Wildman–Crippen MR) is 183 cm³/mol. The zero-order valence-corrected chi connectivity index (χ0v) is 27.1. The van der Waals surface area contributed by atoms with E-state index in [0.717, 1.165) is 26.5 Å². The van der Waals surface area contributed by atoms with Gasteiger partial charge in [-0.3, -0.25) is 19.4 Å². The van der Waals surface area contributed by atoms with Gasteiger partial charge >= 0.3 is 0 Å². The molecule has 0 aromatic heterocycles. The highest BCUT2D eigenvalue weighted by atomic mass is 32.2. The lowest BCUT2D eigenvalue weighted by molar-refractivity contribution is -0.132. The molecule has 0 spiro atoms. The van der Waals surface area contributed by atoms with E-state index in [-0.39, 0.29) is 42.9 Å². The molecule has 0 fully saturated rings. The van der Waals surface area contributed by atoms with Gasteiger partial charge < -0.3 is 43.6 Å². The number of rotatable bonds is 9. The summed E-state index contributed by atoms with van der Waals surface area (Å²) in [5.74, 6) is -1.15. The number of guanidine groups is 1. The lowest BCUT2D eigenvalue weighted by Gasteiger charge is -2.25. The average Bonchev–Trinajstić information content (AvgIpc) is 3.06. The second-order valence-corrected chi connectivity index (χ2v) is 12.4. The monoisotopic (exact) mass is 660 g/mol. The van der Waals surface area contributed by atoms with Crippen LogP contribution in [0.2, 0.25) is 0 Å². The molecule has 12 nitrogen and oxygen atoms in total. The van der Waals surface area contributed by atoms with Gasteiger partial charge in [0.2, 0.25) is 17.7 Å². The summed E-state index contributed by atoms with van der Waals surface area (Å²) in [7, 11) is 0. The Morgan fingerprint density at radius 3 is 2.02 bits per heavy atom. The minimum atomic E-state index is -0.950. The summed E-state index contributed by atoms with van der Waals surface area (Å²) in [5, 5.41) is 22.0. The van der Waals surface area contributed by atoms with Crippen LogP contribution in [-0.4, -0.2) is 60.0 Å². The zero-order valence-electron chi connectivity index (χ0n) is 26.3. The molecule has 11 N–H and O–H groups in total. The van der Waals surface area contributed by atoms with Gasteiger partial charge in [0.05, 0.1) is 6.04 Å². The Balaban J connectivity index is 1.69. The topological polar surface area (TPSA) is 210 Å². The molecular formula is C34H44N8O4S. The van der Waals surface area contributed by atoms with E-state index in [0.29, 0.717) is 38.9 Å². The highest BCUT2D eigenvalue weighted by Gasteiger charge is 2.29. The molecule has 3 aromatic rings. The third-order valence-electron chi connectivity index (χ3n) is 7.76. The SMILES string of the molecule is NCCC[C@@H]1NC(=O)[C@H](CCCN=C(N)N)NCc2ccccc2Sc2ccccc2CNC(=O)[C@H](Cc2ccc(O)cc2)NC1=O. The number of nitrogens with two attached hydrogens (primary N) is 3. The van der Waals surface area contributed by atoms with Crippen LogP contribution in [0.1, 0.15) is 42.4 Å². The summed E-state index contributed by atoms with van der Waals surface area (Å²) < 4.78 is 0. The van der Waals surface area contributed by atoms with Crippen LogP contribution in [0.4, 0.5) is 0 Å². The molecule has 0 bridgehead atoms. The highest BCUT2D eigenvalue weighted by molar-refractivity contribution is 7.99. The first-order valence-corrected chi connectivity index (χ1v) is 16.5. The van der Waals surface area contributed by atoms with Gasteiger partial charge in [0.15, 0.2) is 5.96 Å². The first-order valence-electron chi connectivity index (χ1n) is 15.7. The van der Waals surface area contributed by atoms with Crippen molar-refractivity contribution in [2.24, 2.45) is 22.2 Å². The number of nitrogens with zero attached hydrogens (tertiary/aromatic N) is 1. The first-order chi connectivity index (χ1) is 22.7. The molecule has 3 atom stereocenters. The maximum absolute atomic E-state index is 13.8. The fourth-order valence-corrected chi connectivity index (χ4v) is 6.27. The van der Waals surface area contributed by atoms with Crippen LogP contribution in [-0.2, 0) is 33.9 Å². The summed E-state index contributed by atoms with van der Waals surface area (Å²) in [6.45, 7) is 1.32. The van der Waals surface area contributed by atoms with Crippen molar-refractivity contribution in [3.05, 3.63) is 89.5 Å². The lowest BCUT2D eigenvalue weighted by Crippen LogP contribution is -2.56. The second-order valence-electron chi connectivity index (χ2n) is 11.3. The van der Waals surface area contributed by atoms with Gasteiger partial charge in [-0.1, -0.05) is 60.3 Å². The Morgan fingerprint density at radius 2 is 1.36 bits per heavy atom. The standard InChI is InChI=1S/C34H44N8O4S/c35-17-5-9-27-33(46)42-28(19-22-13-15-25(43)16-14-22)31(44)40-21-24-8-2-4-12-30(24)47-29-11-3-1-7-23(29)20-39-26(32(45)41-27)10-6-18-38-34(36)37/h1-4,7-8,11-16,26-28,39,43H,5-6,9-10,17-21,35H2,(H,40,44)(H,41,45)(H,42,46)(H4,36,37,38)/t26-,27-,28-/m0/s1. The number of carbonyl (C=O) groups is 3. The van der Waals surface area contributed by atoms with E-state index < -0.39 is 24.0 Å². The van der Waals surface area contributed by atoms with Crippen LogP contribution >= 0.6 is 11.8 Å². The summed E-state index contributed by atoms with van der Waals surface area (Å²) in [5.41, 5.74) is 19.4. The van der Waals surface area contributed by atoms with Gasteiger partial charge in [-0.05, 0) is 73.2 Å². The molecule has 3 amide bonds. The second kappa shape index (κ2) is 17.9. The Kier molecular flexibility index (Phi) is 13.5. The van der Waals surface area contributed by atoms with Gasteiger partial charge in [-0.2, -0.15) is 0 Å². The van der Waals surface area contributed by atoms with Gasteiger partial charge in [-0.25, -0.2) is 0 Å². The van der Waals surface area contributed by atoms with Crippen LogP contribution < -0.4 is 38.5 Å². The van der Waals surface area contributed by atoms with E-state index in [2.05, 4.69) is 26.3 Å². The lowest BCUT2D eigenvalue weighted by atomic mass is 10.0. The molecule has 0 saturated carbocycles. The number of phenols is 1. The minimum Gasteiger partial charge on any atom is -0.508 e. The van der Waals surface area contributed by atoms with Crippen molar-refractivity contribution in [1.82, 2.24) is 21.3 Å². The number of phenolic OH excluding ortho intramolecular Hbond substituents is 1. The smallest absolute Gasteiger partial charge is 0.243 e. The molecule has 1 aliphatic heterocycles. The number of hydrogen-bond acceptors (Lipinski definition) is 8. The number of amides is 3. The Bertz CT molecular complexity index is 1530. The van der Waals surface area contributed by atoms with Crippen LogP contribution in [0.3, 0.4) is 0 Å². The van der Waals surface area contributed by atoms with Crippen molar-refractivity contribution in [3.8, 4) is 5.75 Å². The van der Waals surface area contributed by atoms with E-state index in [9.17, 15) is 19.5 Å². The largest absolute Gasteiger partial charge is 0.508 e. The molecule has 1 aliphatic rings. The minimum absolute atomic E-state index is 0.0213. The summed E-state index contributed by atoms with van der Waals surface area (Å²) in [6, 6.07) is 19.7. The highest BCUT2D eigenvalue weighted by Crippen LogP contribution is 2.33. The van der Waals surface area contributed by atoms with Crippen LogP contribution in [0.25, 0.3) is 0 Å². The van der Waals surface area contributed by atoms with Crippen molar-refractivity contribution in [1.29, 1.82) is 0 Å². The number of hydrogen-bond donors (Lipinski definition) is 8. The van der Waals surface area contributed by atoms with Crippen molar-refractivity contribution in [3.63, 3.8) is 0 Å². The molecular weight excluding hydrogens is 616 g/mol. The molecule has 1 heterocycles. The molecule has 0 unspecified atom stereocenters. The normalized spacial score (nSPS) is 19.3. The van der Waals surface area contributed by atoms with Crippen LogP contribution in [0, 0.1) is 0 Å². The molecule has 13 heteroatoms. The van der Waals surface area contributed by atoms with Gasteiger partial charge in [-0.15, -0.1) is 0 Å². The molecule has 4 rings (SSSR count). The van der Waals surface area contributed by atoms with E-state index in [4.69, 9.17) is 17.2 Å². The Labute approximate surface area is 279 Å². The van der Waals surface area contributed by atoms with Crippen molar-refractivity contribution < 1.29 is 19.5 Å². The number of carbonyl (C=O) groups excluding carboxylic acids is 3. The molecule has 0 radical (unpaired) electrons. The molecule has 250 valence electrons. The molecule has 3 aromatic carbocycles. The van der Waals surface area contributed by atoms with Crippen molar-refractivity contribution in [2.75, 3.05) is 13.1 Å². The summed E-state index contributed by atoms with van der Waals surface area (Å²) in [6.07, 6.45) is 1.89. The first kappa shape index (κ1) is 35.3. The average molecular weight is 661 g/mol. The maximum Gasteiger partial charge on any atom is 0.243 e. The molecule has 0 aliphatic carbocycles. The predicted octanol–water partition coefficient (Wildman–Crippen LogP) is 1.64. The number of fused-ring (bicyclic) bond motifs is 2. The van der Waals surface area contributed by atoms with Crippen LogP contribution in [0.15, 0.2) is 87.6 Å². The fourth-order valence-electron chi connectivity index (χ4n) is 5.20. The van der Waals surface area contributed by atoms with Gasteiger partial charge in [0.1, 0.15) is 17.8 Å². The van der Waals surface area contributed by atoms with Gasteiger partial charge in [0, 0.05) is 35.8 Å². The number of benzene rings is 3. The number of aliphatic imine (C=N–C) groups is 1. The van der Waals surface area contributed by atoms with Crippen molar-refractivity contribution in [2.45, 2.75) is 73.1 Å². The quantitative estimate of drug-likeness (QED) is 0.0951. The summed E-state index contributed by atoms with van der Waals surface area (Å²) in [4.78, 5) is 47.2. The Hall–Kier alpha value is -4.59. The van der Waals surface area contributed by atoms with Gasteiger partial charge in [0.25, 0.3) is 0 Å². The zero-order chi connectivity index (χ0) is 33.6. The fraction of sp³-hybridized carbons (Fsp3) is 0.353. The van der Waals surface area contributed by atoms with E-state index in [1.54, 1.807) is 23.9 Å². The van der Waals surface area contributed by atoms with E-state index >= 15 is 0 Å². The van der Waals surface area contributed by atoms with E-state index in [1.807, 2.05) is 48.5 Å². The molecule has 47 heavy (non-hydrogen) atoms. The third-order valence-corrected chi connectivity index (χ3v) is 8.99. The molecule has 0 saturated heterocycles. The Morgan fingerprint density at radius 1 is 0.766 bits per heavy atom. The maximum atomic E-state index is 13.8. The number of nitrogens with one attached hydrogen (secondary N) is 4. The third kappa shape index (κ3) is 11.0.